The van der Waals surface area contributed by atoms with Crippen molar-refractivity contribution in [3.8, 4) is 5.75 Å². The summed E-state index contributed by atoms with van der Waals surface area (Å²) in [7, 11) is 2.02. The van der Waals surface area contributed by atoms with Gasteiger partial charge in [-0.05, 0) is 45.0 Å². The van der Waals surface area contributed by atoms with Crippen LogP contribution in [0.15, 0.2) is 30.6 Å². The number of aromatic nitrogens is 2. The van der Waals surface area contributed by atoms with Crippen molar-refractivity contribution in [1.29, 1.82) is 0 Å². The van der Waals surface area contributed by atoms with Crippen LogP contribution in [0.4, 0.5) is 10.5 Å². The summed E-state index contributed by atoms with van der Waals surface area (Å²) >= 11 is 0. The number of ether oxygens (including phenoxy) is 1. The van der Waals surface area contributed by atoms with Gasteiger partial charge in [-0.3, -0.25) is 9.69 Å². The predicted octanol–water partition coefficient (Wildman–Crippen LogP) is 3.14. The number of likely N-dealkylation sites (N-methyl/N-ethyl adjacent to an activating group) is 1. The summed E-state index contributed by atoms with van der Waals surface area (Å²) < 4.78 is 6.57. The van der Waals surface area contributed by atoms with E-state index in [0.29, 0.717) is 36.6 Å². The molecule has 2 heterocycles. The van der Waals surface area contributed by atoms with Crippen molar-refractivity contribution >= 4 is 17.6 Å². The number of hydrogen-bond donors (Lipinski definition) is 4. The molecule has 0 radical (unpaired) electrons. The highest BCUT2D eigenvalue weighted by molar-refractivity contribution is 5.90. The SMILES string of the molecule is C[C@@H]1CN([C@@H](C)CO)C(=O)Cc2cc(NC(=O)NC3CCCCC3)ccc2O[C@H]1CN(C)Cc1ncc[nH]1. The number of aliphatic hydroxyl groups excluding tert-OH is 1. The fourth-order valence-corrected chi connectivity index (χ4v) is 5.34. The van der Waals surface area contributed by atoms with Gasteiger partial charge >= 0.3 is 6.03 Å². The number of urea groups is 1. The van der Waals surface area contributed by atoms with Crippen LogP contribution in [-0.4, -0.2) is 81.7 Å². The maximum absolute atomic E-state index is 13.4. The molecule has 2 aliphatic rings. The number of H-pyrrole nitrogens is 1. The van der Waals surface area contributed by atoms with Crippen LogP contribution >= 0.6 is 0 Å². The number of hydrogen-bond acceptors (Lipinski definition) is 6. The quantitative estimate of drug-likeness (QED) is 0.419. The Bertz CT molecular complexity index is 1060. The second kappa shape index (κ2) is 13.1. The highest BCUT2D eigenvalue weighted by atomic mass is 16.5. The second-order valence-electron chi connectivity index (χ2n) is 10.9. The van der Waals surface area contributed by atoms with Gasteiger partial charge in [0, 0.05) is 48.7 Å². The first-order chi connectivity index (χ1) is 18.3. The Morgan fingerprint density at radius 3 is 2.82 bits per heavy atom. The highest BCUT2D eigenvalue weighted by Crippen LogP contribution is 2.29. The summed E-state index contributed by atoms with van der Waals surface area (Å²) in [5, 5.41) is 15.9. The van der Waals surface area contributed by atoms with Gasteiger partial charge < -0.3 is 30.4 Å². The first-order valence-electron chi connectivity index (χ1n) is 13.8. The highest BCUT2D eigenvalue weighted by Gasteiger charge is 2.31. The van der Waals surface area contributed by atoms with Crippen molar-refractivity contribution < 1.29 is 19.4 Å². The van der Waals surface area contributed by atoms with Crippen LogP contribution in [0, 0.1) is 5.92 Å². The van der Waals surface area contributed by atoms with E-state index >= 15 is 0 Å². The average molecular weight is 527 g/mol. The van der Waals surface area contributed by atoms with Gasteiger partial charge in [-0.2, -0.15) is 0 Å². The van der Waals surface area contributed by atoms with Gasteiger partial charge in [-0.1, -0.05) is 26.2 Å². The minimum Gasteiger partial charge on any atom is -0.488 e. The Morgan fingerprint density at radius 2 is 2.11 bits per heavy atom. The van der Waals surface area contributed by atoms with Crippen molar-refractivity contribution in [2.24, 2.45) is 5.92 Å². The van der Waals surface area contributed by atoms with E-state index in [4.69, 9.17) is 4.74 Å². The lowest BCUT2D eigenvalue weighted by molar-refractivity contribution is -0.134. The van der Waals surface area contributed by atoms with E-state index in [9.17, 15) is 14.7 Å². The van der Waals surface area contributed by atoms with Crippen LogP contribution in [0.3, 0.4) is 0 Å². The predicted molar refractivity (Wildman–Crippen MR) is 146 cm³/mol. The smallest absolute Gasteiger partial charge is 0.319 e. The third-order valence-corrected chi connectivity index (χ3v) is 7.58. The van der Waals surface area contributed by atoms with Gasteiger partial charge in [-0.25, -0.2) is 9.78 Å². The number of carbonyl (C=O) groups excluding carboxylic acids is 2. The lowest BCUT2D eigenvalue weighted by Gasteiger charge is -2.34. The number of amides is 3. The topological polar surface area (TPSA) is 123 Å². The monoisotopic (exact) mass is 526 g/mol. The number of nitrogens with one attached hydrogen (secondary N) is 3. The molecule has 4 rings (SSSR count). The summed E-state index contributed by atoms with van der Waals surface area (Å²) in [6.07, 6.45) is 8.98. The van der Waals surface area contributed by atoms with Crippen LogP contribution in [0.1, 0.15) is 57.3 Å². The molecule has 1 aromatic carbocycles. The number of aromatic amines is 1. The van der Waals surface area contributed by atoms with Crippen LogP contribution in [0.25, 0.3) is 0 Å². The molecule has 3 atom stereocenters. The fraction of sp³-hybridized carbons (Fsp3) is 0.607. The molecule has 0 bridgehead atoms. The van der Waals surface area contributed by atoms with E-state index in [1.165, 1.54) is 6.42 Å². The third-order valence-electron chi connectivity index (χ3n) is 7.58. The van der Waals surface area contributed by atoms with Gasteiger partial charge in [0.15, 0.2) is 0 Å². The molecule has 38 heavy (non-hydrogen) atoms. The minimum absolute atomic E-state index is 0.0111. The lowest BCUT2D eigenvalue weighted by atomic mass is 9.96. The Hall–Kier alpha value is -3.11. The number of fused-ring (bicyclic) bond motifs is 1. The maximum atomic E-state index is 13.4. The molecule has 10 heteroatoms. The number of rotatable bonds is 8. The number of benzene rings is 1. The van der Waals surface area contributed by atoms with Crippen molar-refractivity contribution in [3.05, 3.63) is 42.0 Å². The molecule has 1 aliphatic heterocycles. The number of imidazole rings is 1. The molecule has 10 nitrogen and oxygen atoms in total. The molecular weight excluding hydrogens is 484 g/mol. The molecule has 0 saturated heterocycles. The molecule has 1 saturated carbocycles. The van der Waals surface area contributed by atoms with Crippen molar-refractivity contribution in [3.63, 3.8) is 0 Å². The Balaban J connectivity index is 1.53. The zero-order valence-electron chi connectivity index (χ0n) is 22.8. The molecule has 208 valence electrons. The van der Waals surface area contributed by atoms with E-state index in [1.54, 1.807) is 17.3 Å². The normalized spacial score (nSPS) is 21.6. The first-order valence-corrected chi connectivity index (χ1v) is 13.8. The van der Waals surface area contributed by atoms with Crippen molar-refractivity contribution in [1.82, 2.24) is 25.1 Å². The molecule has 4 N–H and O–H groups in total. The van der Waals surface area contributed by atoms with Crippen LogP contribution < -0.4 is 15.4 Å². The number of nitrogens with zero attached hydrogens (tertiary/aromatic N) is 3. The van der Waals surface area contributed by atoms with Crippen LogP contribution in [0.2, 0.25) is 0 Å². The lowest BCUT2D eigenvalue weighted by Crippen LogP contribution is -2.47. The summed E-state index contributed by atoms with van der Waals surface area (Å²) in [6.45, 7) is 5.56. The van der Waals surface area contributed by atoms with E-state index in [0.717, 1.165) is 31.5 Å². The van der Waals surface area contributed by atoms with Crippen molar-refractivity contribution in [2.45, 2.75) is 77.1 Å². The molecule has 1 aliphatic carbocycles. The van der Waals surface area contributed by atoms with Gasteiger partial charge in [0.2, 0.25) is 5.91 Å². The molecular formula is C28H42N6O4. The molecule has 0 unspecified atom stereocenters. The zero-order valence-corrected chi connectivity index (χ0v) is 22.8. The third kappa shape index (κ3) is 7.48. The number of anilines is 1. The van der Waals surface area contributed by atoms with E-state index < -0.39 is 0 Å². The fourth-order valence-electron chi connectivity index (χ4n) is 5.34. The average Bonchev–Trinajstić information content (AvgIpc) is 3.41. The second-order valence-corrected chi connectivity index (χ2v) is 10.9. The van der Waals surface area contributed by atoms with Crippen molar-refractivity contribution in [2.75, 3.05) is 32.1 Å². The Morgan fingerprint density at radius 1 is 1.32 bits per heavy atom. The Labute approximate surface area is 225 Å². The molecule has 2 aromatic rings. The Kier molecular flexibility index (Phi) is 9.63. The number of carbonyl (C=O) groups is 2. The molecule has 1 fully saturated rings. The minimum atomic E-state index is -0.310. The summed E-state index contributed by atoms with van der Waals surface area (Å²) in [6, 6.07) is 5.16. The van der Waals surface area contributed by atoms with E-state index in [2.05, 4.69) is 32.4 Å². The summed E-state index contributed by atoms with van der Waals surface area (Å²) in [5.74, 6) is 1.45. The summed E-state index contributed by atoms with van der Waals surface area (Å²) in [5.41, 5.74) is 1.34. The molecule has 3 amide bonds. The molecule has 1 aromatic heterocycles. The number of aliphatic hydroxyl groups is 1. The van der Waals surface area contributed by atoms with Gasteiger partial charge in [-0.15, -0.1) is 0 Å². The van der Waals surface area contributed by atoms with Crippen LogP contribution in [0.5, 0.6) is 5.75 Å². The summed E-state index contributed by atoms with van der Waals surface area (Å²) in [4.78, 5) is 37.4. The van der Waals surface area contributed by atoms with Gasteiger partial charge in [0.1, 0.15) is 17.7 Å². The van der Waals surface area contributed by atoms with Gasteiger partial charge in [0.05, 0.1) is 25.6 Å². The van der Waals surface area contributed by atoms with E-state index in [1.807, 2.05) is 32.2 Å². The maximum Gasteiger partial charge on any atom is 0.319 e. The first kappa shape index (κ1) is 27.9. The van der Waals surface area contributed by atoms with Gasteiger partial charge in [0.25, 0.3) is 0 Å². The molecule has 0 spiro atoms. The standard InChI is InChI=1S/C28H42N6O4/c1-19-15-34(20(2)18-35)27(36)14-21-13-23(32-28(37)31-22-7-5-4-6-8-22)9-10-24(21)38-25(19)16-33(3)17-26-29-11-12-30-26/h9-13,19-20,22,25,35H,4-8,14-18H2,1-3H3,(H,29,30)(H2,31,32,37)/t19-,20+,25+/m1/s1. The largest absolute Gasteiger partial charge is 0.488 e. The van der Waals surface area contributed by atoms with E-state index in [-0.39, 0.29) is 49.1 Å². The zero-order chi connectivity index (χ0) is 27.1. The van der Waals surface area contributed by atoms with Crippen LogP contribution in [-0.2, 0) is 17.8 Å².